The summed E-state index contributed by atoms with van der Waals surface area (Å²) in [5.74, 6) is 0.901. The second kappa shape index (κ2) is 5.51. The molecule has 21 heavy (non-hydrogen) atoms. The highest BCUT2D eigenvalue weighted by Crippen LogP contribution is 2.26. The van der Waals surface area contributed by atoms with Crippen molar-refractivity contribution in [2.75, 3.05) is 5.32 Å². The van der Waals surface area contributed by atoms with Gasteiger partial charge in [-0.3, -0.25) is 0 Å². The van der Waals surface area contributed by atoms with E-state index in [-0.39, 0.29) is 0 Å². The van der Waals surface area contributed by atoms with Gasteiger partial charge < -0.3 is 9.73 Å². The summed E-state index contributed by atoms with van der Waals surface area (Å²) in [7, 11) is 0. The molecule has 0 saturated carbocycles. The number of para-hydroxylation sites is 1. The van der Waals surface area contributed by atoms with Crippen molar-refractivity contribution in [2.45, 2.75) is 13.5 Å². The lowest BCUT2D eigenvalue weighted by Gasteiger charge is -2.07. The first-order valence-corrected chi connectivity index (χ1v) is 6.97. The molecule has 0 unspecified atom stereocenters. The van der Waals surface area contributed by atoms with E-state index in [0.717, 1.165) is 28.0 Å². The smallest absolute Gasteiger partial charge is 0.134 e. The summed E-state index contributed by atoms with van der Waals surface area (Å²) < 4.78 is 5.74. The Morgan fingerprint density at radius 1 is 1.24 bits per heavy atom. The Morgan fingerprint density at radius 2 is 2.05 bits per heavy atom. The van der Waals surface area contributed by atoms with E-state index in [1.807, 2.05) is 37.3 Å². The Bertz CT molecular complexity index is 846. The van der Waals surface area contributed by atoms with Gasteiger partial charge in [0.1, 0.15) is 17.4 Å². The minimum Gasteiger partial charge on any atom is -0.461 e. The number of halogens is 1. The van der Waals surface area contributed by atoms with Crippen molar-refractivity contribution >= 4 is 28.3 Å². The zero-order chi connectivity index (χ0) is 14.8. The average Bonchev–Trinajstić information content (AvgIpc) is 2.82. The van der Waals surface area contributed by atoms with Crippen molar-refractivity contribution in [3.8, 4) is 6.07 Å². The maximum absolute atomic E-state index is 9.00. The molecule has 4 heteroatoms. The summed E-state index contributed by atoms with van der Waals surface area (Å²) >= 11 is 5.93. The Labute approximate surface area is 127 Å². The number of nitrogens with zero attached hydrogens (tertiary/aromatic N) is 1. The molecular formula is C17H13ClN2O. The maximum Gasteiger partial charge on any atom is 0.134 e. The number of fused-ring (bicyclic) bond motifs is 1. The number of nitrogens with one attached hydrogen (secondary N) is 1. The van der Waals surface area contributed by atoms with Gasteiger partial charge in [-0.2, -0.15) is 5.26 Å². The molecule has 1 heterocycles. The second-order valence-corrected chi connectivity index (χ2v) is 5.20. The third kappa shape index (κ3) is 2.58. The van der Waals surface area contributed by atoms with Crippen LogP contribution < -0.4 is 5.32 Å². The summed E-state index contributed by atoms with van der Waals surface area (Å²) in [5, 5.41) is 13.9. The van der Waals surface area contributed by atoms with Crippen molar-refractivity contribution in [2.24, 2.45) is 0 Å². The molecule has 3 aromatic rings. The summed E-state index contributed by atoms with van der Waals surface area (Å²) in [4.78, 5) is 0. The highest BCUT2D eigenvalue weighted by atomic mass is 35.5. The van der Waals surface area contributed by atoms with Crippen molar-refractivity contribution in [1.82, 2.24) is 0 Å². The van der Waals surface area contributed by atoms with Gasteiger partial charge in [0, 0.05) is 23.2 Å². The number of anilines is 1. The van der Waals surface area contributed by atoms with Crippen molar-refractivity contribution < 1.29 is 4.42 Å². The molecule has 2 aromatic carbocycles. The van der Waals surface area contributed by atoms with Gasteiger partial charge in [0.15, 0.2) is 0 Å². The Hall–Kier alpha value is -2.44. The van der Waals surface area contributed by atoms with Gasteiger partial charge in [0.25, 0.3) is 0 Å². The fraction of sp³-hybridized carbons (Fsp3) is 0.118. The van der Waals surface area contributed by atoms with E-state index in [4.69, 9.17) is 21.3 Å². The first-order chi connectivity index (χ1) is 10.2. The van der Waals surface area contributed by atoms with Crippen LogP contribution in [0.3, 0.4) is 0 Å². The third-order valence-corrected chi connectivity index (χ3v) is 3.79. The minimum atomic E-state index is 0.466. The van der Waals surface area contributed by atoms with E-state index in [9.17, 15) is 0 Å². The van der Waals surface area contributed by atoms with Gasteiger partial charge in [-0.1, -0.05) is 29.8 Å². The molecule has 1 aromatic heterocycles. The molecule has 0 fully saturated rings. The molecule has 0 atom stereocenters. The van der Waals surface area contributed by atoms with Crippen molar-refractivity contribution in [3.05, 3.63) is 64.4 Å². The quantitative estimate of drug-likeness (QED) is 0.749. The van der Waals surface area contributed by atoms with E-state index >= 15 is 0 Å². The molecule has 0 bridgehead atoms. The minimum absolute atomic E-state index is 0.466. The summed E-state index contributed by atoms with van der Waals surface area (Å²) in [6.07, 6.45) is 0. The molecule has 3 rings (SSSR count). The molecule has 104 valence electrons. The van der Waals surface area contributed by atoms with Crippen LogP contribution in [0.2, 0.25) is 5.02 Å². The number of nitriles is 1. The number of hydrogen-bond donors (Lipinski definition) is 1. The summed E-state index contributed by atoms with van der Waals surface area (Å²) in [6, 6.07) is 15.4. The Morgan fingerprint density at radius 3 is 2.86 bits per heavy atom. The van der Waals surface area contributed by atoms with Crippen LogP contribution in [0.1, 0.15) is 16.9 Å². The first kappa shape index (κ1) is 13.5. The first-order valence-electron chi connectivity index (χ1n) is 6.59. The monoisotopic (exact) mass is 296 g/mol. The predicted molar refractivity (Wildman–Crippen MR) is 84.4 cm³/mol. The van der Waals surface area contributed by atoms with Gasteiger partial charge in [-0.05, 0) is 31.2 Å². The molecule has 0 aliphatic heterocycles. The Balaban J connectivity index is 1.87. The van der Waals surface area contributed by atoms with E-state index in [1.54, 1.807) is 12.1 Å². The highest BCUT2D eigenvalue weighted by Gasteiger charge is 2.10. The summed E-state index contributed by atoms with van der Waals surface area (Å²) in [5.41, 5.74) is 3.34. The van der Waals surface area contributed by atoms with Crippen LogP contribution in [0.25, 0.3) is 11.0 Å². The van der Waals surface area contributed by atoms with Crippen LogP contribution in [0.15, 0.2) is 46.9 Å². The van der Waals surface area contributed by atoms with E-state index in [1.165, 1.54) is 0 Å². The molecular weight excluding hydrogens is 284 g/mol. The average molecular weight is 297 g/mol. The van der Waals surface area contributed by atoms with Crippen LogP contribution in [0.5, 0.6) is 0 Å². The molecule has 3 nitrogen and oxygen atoms in total. The Kier molecular flexibility index (Phi) is 3.55. The van der Waals surface area contributed by atoms with Crippen LogP contribution >= 0.6 is 11.6 Å². The number of furan rings is 1. The topological polar surface area (TPSA) is 49.0 Å². The van der Waals surface area contributed by atoms with Gasteiger partial charge in [-0.15, -0.1) is 0 Å². The molecule has 0 amide bonds. The molecule has 1 N–H and O–H groups in total. The SMILES string of the molecule is Cc1oc2ccccc2c1CNc1ccc(Cl)c(C#N)c1. The normalized spacial score (nSPS) is 10.5. The van der Waals surface area contributed by atoms with Gasteiger partial charge in [-0.25, -0.2) is 0 Å². The number of rotatable bonds is 3. The number of aryl methyl sites for hydroxylation is 1. The lowest BCUT2D eigenvalue weighted by molar-refractivity contribution is 0.573. The maximum atomic E-state index is 9.00. The molecule has 0 aliphatic rings. The van der Waals surface area contributed by atoms with Crippen LogP contribution in [-0.2, 0) is 6.54 Å². The van der Waals surface area contributed by atoms with Crippen LogP contribution in [0.4, 0.5) is 5.69 Å². The van der Waals surface area contributed by atoms with E-state index in [0.29, 0.717) is 17.1 Å². The highest BCUT2D eigenvalue weighted by molar-refractivity contribution is 6.31. The fourth-order valence-corrected chi connectivity index (χ4v) is 2.51. The van der Waals surface area contributed by atoms with Gasteiger partial charge in [0.05, 0.1) is 10.6 Å². The van der Waals surface area contributed by atoms with Crippen LogP contribution in [-0.4, -0.2) is 0 Å². The molecule has 0 saturated heterocycles. The third-order valence-electron chi connectivity index (χ3n) is 3.46. The lowest BCUT2D eigenvalue weighted by atomic mass is 10.1. The number of hydrogen-bond acceptors (Lipinski definition) is 3. The fourth-order valence-electron chi connectivity index (χ4n) is 2.35. The van der Waals surface area contributed by atoms with E-state index in [2.05, 4.69) is 11.4 Å². The molecule has 0 spiro atoms. The standard InChI is InChI=1S/C17H13ClN2O/c1-11-15(14-4-2-3-5-17(14)21-11)10-20-13-6-7-16(18)12(8-13)9-19/h2-8,20H,10H2,1H3. The molecule has 0 aliphatic carbocycles. The van der Waals surface area contributed by atoms with Crippen molar-refractivity contribution in [3.63, 3.8) is 0 Å². The zero-order valence-corrected chi connectivity index (χ0v) is 12.2. The molecule has 0 radical (unpaired) electrons. The summed E-state index contributed by atoms with van der Waals surface area (Å²) in [6.45, 7) is 2.59. The predicted octanol–water partition coefficient (Wildman–Crippen LogP) is 4.88. The van der Waals surface area contributed by atoms with Crippen molar-refractivity contribution in [1.29, 1.82) is 5.26 Å². The lowest BCUT2D eigenvalue weighted by Crippen LogP contribution is -2.00. The largest absolute Gasteiger partial charge is 0.461 e. The second-order valence-electron chi connectivity index (χ2n) is 4.79. The van der Waals surface area contributed by atoms with E-state index < -0.39 is 0 Å². The zero-order valence-electron chi connectivity index (χ0n) is 11.5. The van der Waals surface area contributed by atoms with Gasteiger partial charge >= 0.3 is 0 Å². The van der Waals surface area contributed by atoms with Crippen LogP contribution in [0, 0.1) is 18.3 Å². The number of benzene rings is 2. The van der Waals surface area contributed by atoms with Gasteiger partial charge in [0.2, 0.25) is 0 Å².